The monoisotopic (exact) mass is 569 g/mol. The number of aromatic amines is 1. The van der Waals surface area contributed by atoms with Gasteiger partial charge in [-0.2, -0.15) is 0 Å². The van der Waals surface area contributed by atoms with E-state index in [1.54, 1.807) is 7.11 Å². The van der Waals surface area contributed by atoms with Crippen LogP contribution >= 0.6 is 15.9 Å². The van der Waals surface area contributed by atoms with Crippen molar-refractivity contribution in [3.63, 3.8) is 0 Å². The maximum atomic E-state index is 6.13. The first kappa shape index (κ1) is 24.6. The molecule has 1 aromatic heterocycles. The van der Waals surface area contributed by atoms with Crippen LogP contribution in [0.25, 0.3) is 10.9 Å². The Morgan fingerprint density at radius 1 is 0.868 bits per heavy atom. The number of fused-ring (bicyclic) bond motifs is 3. The SMILES string of the molecule is COc1ccc(C2[NH2+]CCc3c2[nH]c2ccc(OCc4ccccc4)cc32)cc1COc1ccc(Br)cc1. The summed E-state index contributed by atoms with van der Waals surface area (Å²) >= 11 is 3.48. The van der Waals surface area contributed by atoms with Gasteiger partial charge in [0.05, 0.1) is 19.3 Å². The summed E-state index contributed by atoms with van der Waals surface area (Å²) in [6.07, 6.45) is 1.02. The lowest BCUT2D eigenvalue weighted by molar-refractivity contribution is -0.690. The molecule has 192 valence electrons. The van der Waals surface area contributed by atoms with Crippen molar-refractivity contribution in [1.29, 1.82) is 0 Å². The van der Waals surface area contributed by atoms with Gasteiger partial charge in [0, 0.05) is 32.9 Å². The molecular weight excluding hydrogens is 540 g/mol. The summed E-state index contributed by atoms with van der Waals surface area (Å²) in [6, 6.07) is 31.1. The van der Waals surface area contributed by atoms with Crippen molar-refractivity contribution in [1.82, 2.24) is 4.98 Å². The maximum absolute atomic E-state index is 6.13. The number of hydrogen-bond donors (Lipinski definition) is 2. The summed E-state index contributed by atoms with van der Waals surface area (Å²) in [5.74, 6) is 2.55. The second kappa shape index (κ2) is 10.9. The van der Waals surface area contributed by atoms with E-state index in [1.165, 1.54) is 22.2 Å². The number of hydrogen-bond acceptors (Lipinski definition) is 3. The first-order chi connectivity index (χ1) is 18.7. The number of quaternary nitrogens is 1. The Morgan fingerprint density at radius 3 is 2.47 bits per heavy atom. The van der Waals surface area contributed by atoms with Crippen LogP contribution < -0.4 is 19.5 Å². The number of nitrogens with one attached hydrogen (secondary N) is 1. The van der Waals surface area contributed by atoms with Crippen LogP contribution in [0.3, 0.4) is 0 Å². The minimum atomic E-state index is 0.178. The summed E-state index contributed by atoms with van der Waals surface area (Å²) in [4.78, 5) is 3.72. The molecule has 0 amide bonds. The summed E-state index contributed by atoms with van der Waals surface area (Å²) in [6.45, 7) is 2.02. The Labute approximate surface area is 230 Å². The van der Waals surface area contributed by atoms with Crippen molar-refractivity contribution in [2.24, 2.45) is 0 Å². The fraction of sp³-hybridized carbons (Fsp3) is 0.188. The van der Waals surface area contributed by atoms with Gasteiger partial charge in [-0.1, -0.05) is 46.3 Å². The van der Waals surface area contributed by atoms with Crippen LogP contribution in [0.5, 0.6) is 17.2 Å². The molecule has 3 N–H and O–H groups in total. The molecule has 1 aliphatic rings. The molecule has 6 heteroatoms. The van der Waals surface area contributed by atoms with E-state index in [-0.39, 0.29) is 6.04 Å². The molecule has 0 saturated heterocycles. The molecule has 2 heterocycles. The molecule has 1 atom stereocenters. The number of rotatable bonds is 8. The van der Waals surface area contributed by atoms with E-state index >= 15 is 0 Å². The standard InChI is InChI=1S/C32H29BrN2O3/c1-36-30-14-7-22(17-23(30)20-38-25-10-8-24(33)9-11-25)31-32-27(15-16-34-31)28-18-26(12-13-29(28)35-32)37-19-21-5-3-2-4-6-21/h2-14,17-18,31,34-35H,15-16,19-20H2,1H3/p+1. The van der Waals surface area contributed by atoms with Gasteiger partial charge in [0.2, 0.25) is 0 Å². The third-order valence-corrected chi connectivity index (χ3v) is 7.67. The average molecular weight is 571 g/mol. The number of aromatic nitrogens is 1. The number of methoxy groups -OCH3 is 1. The van der Waals surface area contributed by atoms with Gasteiger partial charge in [-0.3, -0.25) is 0 Å². The Morgan fingerprint density at radius 2 is 1.66 bits per heavy atom. The smallest absolute Gasteiger partial charge is 0.153 e. The number of benzene rings is 4. The van der Waals surface area contributed by atoms with Crippen molar-refractivity contribution >= 4 is 26.8 Å². The second-order valence-corrected chi connectivity index (χ2v) is 10.5. The van der Waals surface area contributed by atoms with Gasteiger partial charge in [0.25, 0.3) is 0 Å². The van der Waals surface area contributed by atoms with Gasteiger partial charge in [-0.15, -0.1) is 0 Å². The topological polar surface area (TPSA) is 60.1 Å². The summed E-state index contributed by atoms with van der Waals surface area (Å²) < 4.78 is 18.9. The number of nitrogens with two attached hydrogens (primary N) is 1. The molecule has 0 spiro atoms. The molecule has 0 radical (unpaired) electrons. The summed E-state index contributed by atoms with van der Waals surface area (Å²) in [5, 5.41) is 3.65. The molecular formula is C32H30BrN2O3+. The molecule has 1 unspecified atom stereocenters. The summed E-state index contributed by atoms with van der Waals surface area (Å²) in [7, 11) is 1.71. The molecule has 5 nitrogen and oxygen atoms in total. The van der Waals surface area contributed by atoms with Gasteiger partial charge >= 0.3 is 0 Å². The van der Waals surface area contributed by atoms with Crippen LogP contribution in [-0.4, -0.2) is 18.6 Å². The molecule has 5 aromatic rings. The van der Waals surface area contributed by atoms with E-state index in [9.17, 15) is 0 Å². The highest BCUT2D eigenvalue weighted by Crippen LogP contribution is 2.34. The minimum Gasteiger partial charge on any atom is -0.496 e. The zero-order chi connectivity index (χ0) is 25.9. The van der Waals surface area contributed by atoms with Crippen LogP contribution in [-0.2, 0) is 19.6 Å². The van der Waals surface area contributed by atoms with Crippen LogP contribution in [0.4, 0.5) is 0 Å². The Bertz CT molecular complexity index is 1550. The van der Waals surface area contributed by atoms with Crippen LogP contribution in [0, 0.1) is 0 Å². The quantitative estimate of drug-likeness (QED) is 0.230. The highest BCUT2D eigenvalue weighted by molar-refractivity contribution is 9.10. The predicted octanol–water partition coefficient (Wildman–Crippen LogP) is 6.31. The molecule has 6 rings (SSSR count). The number of halogens is 1. The van der Waals surface area contributed by atoms with Gasteiger partial charge in [0.1, 0.15) is 30.5 Å². The van der Waals surface area contributed by atoms with E-state index in [0.717, 1.165) is 51.3 Å². The summed E-state index contributed by atoms with van der Waals surface area (Å²) in [5.41, 5.74) is 7.21. The molecule has 1 aliphatic heterocycles. The van der Waals surface area contributed by atoms with Gasteiger partial charge in [-0.25, -0.2) is 0 Å². The maximum Gasteiger partial charge on any atom is 0.153 e. The zero-order valence-corrected chi connectivity index (χ0v) is 22.8. The number of ether oxygens (including phenoxy) is 3. The van der Waals surface area contributed by atoms with E-state index in [2.05, 4.69) is 74.8 Å². The van der Waals surface area contributed by atoms with Crippen molar-refractivity contribution in [3.05, 3.63) is 123 Å². The van der Waals surface area contributed by atoms with Crippen LogP contribution in [0.1, 0.15) is 34.0 Å². The second-order valence-electron chi connectivity index (χ2n) is 9.56. The predicted molar refractivity (Wildman–Crippen MR) is 153 cm³/mol. The highest BCUT2D eigenvalue weighted by atomic mass is 79.9. The molecule has 38 heavy (non-hydrogen) atoms. The van der Waals surface area contributed by atoms with Crippen molar-refractivity contribution in [2.45, 2.75) is 25.7 Å². The van der Waals surface area contributed by atoms with Crippen LogP contribution in [0.15, 0.2) is 95.5 Å². The fourth-order valence-corrected chi connectivity index (χ4v) is 5.49. The van der Waals surface area contributed by atoms with Gasteiger partial charge < -0.3 is 24.5 Å². The Hall–Kier alpha value is -3.74. The van der Waals surface area contributed by atoms with E-state index < -0.39 is 0 Å². The first-order valence-electron chi connectivity index (χ1n) is 12.9. The van der Waals surface area contributed by atoms with Crippen molar-refractivity contribution < 1.29 is 19.5 Å². The van der Waals surface area contributed by atoms with E-state index in [0.29, 0.717) is 13.2 Å². The molecule has 0 saturated carbocycles. The van der Waals surface area contributed by atoms with Crippen molar-refractivity contribution in [2.75, 3.05) is 13.7 Å². The van der Waals surface area contributed by atoms with E-state index in [1.807, 2.05) is 42.5 Å². The Balaban J connectivity index is 1.26. The highest BCUT2D eigenvalue weighted by Gasteiger charge is 2.29. The lowest BCUT2D eigenvalue weighted by Gasteiger charge is -2.22. The zero-order valence-electron chi connectivity index (χ0n) is 21.2. The van der Waals surface area contributed by atoms with Gasteiger partial charge in [0.15, 0.2) is 6.04 Å². The van der Waals surface area contributed by atoms with Gasteiger partial charge in [-0.05, 0) is 71.8 Å². The normalized spacial score (nSPS) is 14.7. The van der Waals surface area contributed by atoms with Crippen LogP contribution in [0.2, 0.25) is 0 Å². The molecule has 4 aromatic carbocycles. The Kier molecular flexibility index (Phi) is 7.08. The van der Waals surface area contributed by atoms with Crippen molar-refractivity contribution in [3.8, 4) is 17.2 Å². The molecule has 0 aliphatic carbocycles. The third kappa shape index (κ3) is 5.15. The lowest BCUT2D eigenvalue weighted by Crippen LogP contribution is -2.87. The van der Waals surface area contributed by atoms with E-state index in [4.69, 9.17) is 14.2 Å². The fourth-order valence-electron chi connectivity index (χ4n) is 5.22. The third-order valence-electron chi connectivity index (χ3n) is 7.14. The first-order valence-corrected chi connectivity index (χ1v) is 13.7. The largest absolute Gasteiger partial charge is 0.496 e. The average Bonchev–Trinajstić information content (AvgIpc) is 3.34. The molecule has 0 fully saturated rings. The minimum absolute atomic E-state index is 0.178. The lowest BCUT2D eigenvalue weighted by atomic mass is 9.93. The number of H-pyrrole nitrogens is 1. The molecule has 0 bridgehead atoms.